The first-order valence-electron chi connectivity index (χ1n) is 5.28. The van der Waals surface area contributed by atoms with Crippen molar-refractivity contribution in [1.82, 2.24) is 9.97 Å². The molecule has 1 saturated carbocycles. The number of hydrogen-bond donors (Lipinski definition) is 2. The van der Waals surface area contributed by atoms with Crippen LogP contribution in [0.1, 0.15) is 30.8 Å². The van der Waals surface area contributed by atoms with Crippen molar-refractivity contribution < 1.29 is 9.90 Å². The zero-order chi connectivity index (χ0) is 11.8. The first-order valence-corrected chi connectivity index (χ1v) is 5.28. The number of rotatable bonds is 4. The summed E-state index contributed by atoms with van der Waals surface area (Å²) in [7, 11) is 0. The molecule has 0 saturated heterocycles. The van der Waals surface area contributed by atoms with Gasteiger partial charge >= 0.3 is 5.97 Å². The van der Waals surface area contributed by atoms with Gasteiger partial charge in [0.05, 0.1) is 12.4 Å². The zero-order valence-electron chi connectivity index (χ0n) is 9.40. The predicted molar refractivity (Wildman–Crippen MR) is 59.4 cm³/mol. The third kappa shape index (κ3) is 2.29. The van der Waals surface area contributed by atoms with Crippen molar-refractivity contribution in [3.05, 3.63) is 18.1 Å². The molecule has 5 heteroatoms. The molecule has 0 amide bonds. The fraction of sp³-hybridized carbons (Fsp3) is 0.545. The molecular weight excluding hydrogens is 206 g/mol. The molecule has 0 aliphatic heterocycles. The first-order chi connectivity index (χ1) is 7.49. The maximum Gasteiger partial charge on any atom is 0.356 e. The highest BCUT2D eigenvalue weighted by molar-refractivity contribution is 5.85. The molecule has 1 aliphatic rings. The largest absolute Gasteiger partial charge is 0.476 e. The Bertz CT molecular complexity index is 417. The van der Waals surface area contributed by atoms with Crippen LogP contribution in [0.2, 0.25) is 0 Å². The fourth-order valence-corrected chi connectivity index (χ4v) is 1.71. The summed E-state index contributed by atoms with van der Waals surface area (Å²) in [5, 5.41) is 11.9. The van der Waals surface area contributed by atoms with Crippen molar-refractivity contribution in [1.29, 1.82) is 0 Å². The van der Waals surface area contributed by atoms with Crippen LogP contribution in [0.15, 0.2) is 12.4 Å². The number of carbonyl (C=O) groups is 1. The lowest BCUT2D eigenvalue weighted by Gasteiger charge is -2.06. The number of hydrogen-bond acceptors (Lipinski definition) is 4. The zero-order valence-corrected chi connectivity index (χ0v) is 9.40. The average molecular weight is 221 g/mol. The molecule has 1 atom stereocenters. The number of carboxylic acid groups (broad SMARTS) is 1. The summed E-state index contributed by atoms with van der Waals surface area (Å²) in [6, 6.07) is 0. The Morgan fingerprint density at radius 3 is 2.88 bits per heavy atom. The van der Waals surface area contributed by atoms with Crippen molar-refractivity contribution in [2.45, 2.75) is 20.3 Å². The van der Waals surface area contributed by atoms with E-state index in [2.05, 4.69) is 29.1 Å². The van der Waals surface area contributed by atoms with E-state index in [1.54, 1.807) is 6.20 Å². The number of carboxylic acids is 1. The topological polar surface area (TPSA) is 75.1 Å². The van der Waals surface area contributed by atoms with E-state index in [9.17, 15) is 4.79 Å². The van der Waals surface area contributed by atoms with Crippen LogP contribution in [0.3, 0.4) is 0 Å². The van der Waals surface area contributed by atoms with Crippen LogP contribution in [0.25, 0.3) is 0 Å². The summed E-state index contributed by atoms with van der Waals surface area (Å²) in [6.45, 7) is 5.27. The highest BCUT2D eigenvalue weighted by Crippen LogP contribution is 2.51. The van der Waals surface area contributed by atoms with E-state index in [1.807, 2.05) is 0 Å². The van der Waals surface area contributed by atoms with Crippen LogP contribution in [-0.2, 0) is 0 Å². The monoisotopic (exact) mass is 221 g/mol. The van der Waals surface area contributed by atoms with E-state index in [0.29, 0.717) is 17.2 Å². The maximum absolute atomic E-state index is 10.7. The summed E-state index contributed by atoms with van der Waals surface area (Å²) in [6.07, 6.45) is 3.99. The van der Waals surface area contributed by atoms with Gasteiger partial charge < -0.3 is 10.4 Å². The predicted octanol–water partition coefficient (Wildman–Crippen LogP) is 1.63. The number of nitrogens with one attached hydrogen (secondary N) is 1. The molecule has 1 aliphatic carbocycles. The van der Waals surface area contributed by atoms with E-state index in [4.69, 9.17) is 5.11 Å². The molecule has 1 fully saturated rings. The molecular formula is C11H15N3O2. The van der Waals surface area contributed by atoms with Crippen molar-refractivity contribution in [3.63, 3.8) is 0 Å². The van der Waals surface area contributed by atoms with E-state index in [1.165, 1.54) is 12.6 Å². The van der Waals surface area contributed by atoms with Gasteiger partial charge in [-0.05, 0) is 17.8 Å². The van der Waals surface area contributed by atoms with E-state index >= 15 is 0 Å². The van der Waals surface area contributed by atoms with Gasteiger partial charge in [-0.1, -0.05) is 13.8 Å². The van der Waals surface area contributed by atoms with Gasteiger partial charge in [0, 0.05) is 6.54 Å². The number of anilines is 1. The Morgan fingerprint density at radius 2 is 2.31 bits per heavy atom. The third-order valence-corrected chi connectivity index (χ3v) is 3.10. The summed E-state index contributed by atoms with van der Waals surface area (Å²) in [5.41, 5.74) is 0.380. The van der Waals surface area contributed by atoms with Crippen LogP contribution in [0.5, 0.6) is 0 Å². The lowest BCUT2D eigenvalue weighted by Crippen LogP contribution is -2.10. The quantitative estimate of drug-likeness (QED) is 0.808. The van der Waals surface area contributed by atoms with Crippen LogP contribution in [-0.4, -0.2) is 27.6 Å². The Morgan fingerprint density at radius 1 is 1.62 bits per heavy atom. The highest BCUT2D eigenvalue weighted by atomic mass is 16.4. The van der Waals surface area contributed by atoms with E-state index < -0.39 is 5.97 Å². The Kier molecular flexibility index (Phi) is 2.53. The van der Waals surface area contributed by atoms with Gasteiger partial charge in [0.2, 0.25) is 0 Å². The molecule has 1 aromatic heterocycles. The second kappa shape index (κ2) is 3.73. The van der Waals surface area contributed by atoms with Gasteiger partial charge in [0.15, 0.2) is 5.69 Å². The number of nitrogens with zero attached hydrogens (tertiary/aromatic N) is 2. The van der Waals surface area contributed by atoms with Gasteiger partial charge in [-0.2, -0.15) is 0 Å². The number of aromatic nitrogens is 2. The van der Waals surface area contributed by atoms with Crippen molar-refractivity contribution >= 4 is 11.8 Å². The first kappa shape index (κ1) is 10.9. The normalized spacial score (nSPS) is 21.5. The molecule has 0 bridgehead atoms. The molecule has 0 spiro atoms. The van der Waals surface area contributed by atoms with Crippen LogP contribution >= 0.6 is 0 Å². The van der Waals surface area contributed by atoms with Gasteiger partial charge in [-0.15, -0.1) is 0 Å². The minimum atomic E-state index is -1.05. The fourth-order valence-electron chi connectivity index (χ4n) is 1.71. The standard InChI is InChI=1S/C11H15N3O2/c1-11(2)3-7(11)4-13-9-6-12-5-8(14-9)10(15)16/h5-7H,3-4H2,1-2H3,(H,13,14)(H,15,16). The molecule has 1 unspecified atom stereocenters. The molecule has 86 valence electrons. The SMILES string of the molecule is CC1(C)CC1CNc1cncc(C(=O)O)n1. The van der Waals surface area contributed by atoms with Gasteiger partial charge in [0.1, 0.15) is 5.82 Å². The Labute approximate surface area is 93.9 Å². The van der Waals surface area contributed by atoms with E-state index in [0.717, 1.165) is 6.54 Å². The van der Waals surface area contributed by atoms with Crippen LogP contribution < -0.4 is 5.32 Å². The van der Waals surface area contributed by atoms with Crippen molar-refractivity contribution in [2.24, 2.45) is 11.3 Å². The highest BCUT2D eigenvalue weighted by Gasteiger charge is 2.44. The number of aromatic carboxylic acids is 1. The lowest BCUT2D eigenvalue weighted by atomic mass is 10.1. The summed E-state index contributed by atoms with van der Waals surface area (Å²) >= 11 is 0. The molecule has 1 aromatic rings. The Balaban J connectivity index is 1.95. The Hall–Kier alpha value is -1.65. The van der Waals surface area contributed by atoms with Crippen molar-refractivity contribution in [3.8, 4) is 0 Å². The molecule has 1 heterocycles. The van der Waals surface area contributed by atoms with Crippen molar-refractivity contribution in [2.75, 3.05) is 11.9 Å². The molecule has 0 aromatic carbocycles. The lowest BCUT2D eigenvalue weighted by molar-refractivity contribution is 0.0690. The van der Waals surface area contributed by atoms with Crippen LogP contribution in [0, 0.1) is 11.3 Å². The second-order valence-electron chi connectivity index (χ2n) is 4.87. The minimum absolute atomic E-state index is 0.0277. The van der Waals surface area contributed by atoms with Gasteiger partial charge in [0.25, 0.3) is 0 Å². The second-order valence-corrected chi connectivity index (χ2v) is 4.87. The third-order valence-electron chi connectivity index (χ3n) is 3.10. The molecule has 16 heavy (non-hydrogen) atoms. The molecule has 2 N–H and O–H groups in total. The smallest absolute Gasteiger partial charge is 0.356 e. The summed E-state index contributed by atoms with van der Waals surface area (Å²) < 4.78 is 0. The molecule has 5 nitrogen and oxygen atoms in total. The molecule has 2 rings (SSSR count). The van der Waals surface area contributed by atoms with E-state index in [-0.39, 0.29) is 5.69 Å². The summed E-state index contributed by atoms with van der Waals surface area (Å²) in [5.74, 6) is 0.119. The van der Waals surface area contributed by atoms with Gasteiger partial charge in [-0.25, -0.2) is 9.78 Å². The average Bonchev–Trinajstić information content (AvgIpc) is 2.84. The van der Waals surface area contributed by atoms with Gasteiger partial charge in [-0.3, -0.25) is 4.98 Å². The maximum atomic E-state index is 10.7. The molecule has 0 radical (unpaired) electrons. The van der Waals surface area contributed by atoms with Crippen LogP contribution in [0.4, 0.5) is 5.82 Å². The summed E-state index contributed by atoms with van der Waals surface area (Å²) in [4.78, 5) is 18.5. The minimum Gasteiger partial charge on any atom is -0.476 e.